The molecule has 4 heteroatoms. The summed E-state index contributed by atoms with van der Waals surface area (Å²) in [5.74, 6) is 0.117. The van der Waals surface area contributed by atoms with Gasteiger partial charge in [-0.1, -0.05) is 48.5 Å². The van der Waals surface area contributed by atoms with Gasteiger partial charge in [-0.05, 0) is 41.1 Å². The quantitative estimate of drug-likeness (QED) is 0.475. The average Bonchev–Trinajstić information content (AvgIpc) is 3.32. The monoisotopic (exact) mass is 360 g/mol. The van der Waals surface area contributed by atoms with Gasteiger partial charge in [0.15, 0.2) is 5.78 Å². The number of thiophene rings is 1. The van der Waals surface area contributed by atoms with Crippen LogP contribution < -0.4 is 0 Å². The predicted octanol–water partition coefficient (Wildman–Crippen LogP) is 5.29. The number of para-hydroxylation sites is 1. The number of rotatable bonds is 6. The molecule has 0 saturated heterocycles. The first-order valence-corrected chi connectivity index (χ1v) is 9.55. The summed E-state index contributed by atoms with van der Waals surface area (Å²) < 4.78 is 0. The third kappa shape index (κ3) is 3.21. The molecule has 0 fully saturated rings. The van der Waals surface area contributed by atoms with Crippen molar-refractivity contribution in [3.05, 3.63) is 94.3 Å². The Balaban J connectivity index is 1.73. The minimum Gasteiger partial charge on any atom is -0.360 e. The Morgan fingerprint density at radius 2 is 1.85 bits per heavy atom. The fourth-order valence-corrected chi connectivity index (χ4v) is 4.09. The molecule has 3 nitrogen and oxygen atoms in total. The Morgan fingerprint density at radius 1 is 1.08 bits per heavy atom. The van der Waals surface area contributed by atoms with Gasteiger partial charge in [-0.3, -0.25) is 9.69 Å². The summed E-state index contributed by atoms with van der Waals surface area (Å²) in [6, 6.07) is 19.8. The number of carbonyl (C=O) groups is 1. The minimum atomic E-state index is -0.324. The Hall–Kier alpha value is -2.69. The summed E-state index contributed by atoms with van der Waals surface area (Å²) in [5.41, 5.74) is 3.97. The van der Waals surface area contributed by atoms with E-state index in [-0.39, 0.29) is 11.8 Å². The maximum atomic E-state index is 13.5. The van der Waals surface area contributed by atoms with Crippen molar-refractivity contribution in [3.8, 4) is 0 Å². The lowest BCUT2D eigenvalue weighted by Gasteiger charge is -2.27. The van der Waals surface area contributed by atoms with Crippen LogP contribution in [0.15, 0.2) is 77.6 Å². The van der Waals surface area contributed by atoms with Crippen molar-refractivity contribution >= 4 is 28.0 Å². The number of ketones is 1. The molecule has 0 unspecified atom stereocenters. The second kappa shape index (κ2) is 7.28. The summed E-state index contributed by atoms with van der Waals surface area (Å²) >= 11 is 1.68. The molecule has 1 atom stereocenters. The highest BCUT2D eigenvalue weighted by Gasteiger charge is 2.28. The second-order valence-electron chi connectivity index (χ2n) is 6.47. The van der Waals surface area contributed by atoms with Gasteiger partial charge in [0, 0.05) is 29.2 Å². The van der Waals surface area contributed by atoms with E-state index in [1.54, 1.807) is 11.3 Å². The van der Waals surface area contributed by atoms with Gasteiger partial charge in [-0.15, -0.1) is 0 Å². The topological polar surface area (TPSA) is 36.1 Å². The van der Waals surface area contributed by atoms with Crippen LogP contribution in [0.3, 0.4) is 0 Å². The van der Waals surface area contributed by atoms with E-state index in [0.29, 0.717) is 0 Å². The summed E-state index contributed by atoms with van der Waals surface area (Å²) in [4.78, 5) is 18.9. The van der Waals surface area contributed by atoms with Crippen molar-refractivity contribution in [3.63, 3.8) is 0 Å². The first-order valence-electron chi connectivity index (χ1n) is 8.60. The van der Waals surface area contributed by atoms with Crippen LogP contribution in [0.1, 0.15) is 27.5 Å². The number of likely N-dealkylation sites (N-methyl/N-ethyl adjacent to an activating group) is 1. The summed E-state index contributed by atoms with van der Waals surface area (Å²) in [7, 11) is 2.02. The molecule has 26 heavy (non-hydrogen) atoms. The lowest BCUT2D eigenvalue weighted by atomic mass is 9.95. The Morgan fingerprint density at radius 3 is 2.62 bits per heavy atom. The maximum absolute atomic E-state index is 13.5. The third-order valence-corrected chi connectivity index (χ3v) is 5.40. The van der Waals surface area contributed by atoms with Crippen LogP contribution in [-0.2, 0) is 6.54 Å². The molecule has 0 aliphatic rings. The molecule has 4 rings (SSSR count). The van der Waals surface area contributed by atoms with Gasteiger partial charge in [0.1, 0.15) is 0 Å². The molecule has 2 heterocycles. The standard InChI is InChI=1S/C22H20N2OS/c1-24(14-16-11-12-26-15-16)21(17-7-3-2-4-8-17)22(25)19-13-23-20-10-6-5-9-18(19)20/h2-13,15,21,23H,14H2,1H3/t21-/m0/s1. The highest BCUT2D eigenvalue weighted by atomic mass is 32.1. The molecular weight excluding hydrogens is 340 g/mol. The van der Waals surface area contributed by atoms with E-state index in [1.165, 1.54) is 5.56 Å². The number of nitrogens with one attached hydrogen (secondary N) is 1. The average molecular weight is 360 g/mol. The molecule has 0 bridgehead atoms. The van der Waals surface area contributed by atoms with E-state index in [0.717, 1.165) is 28.6 Å². The van der Waals surface area contributed by atoms with Gasteiger partial charge >= 0.3 is 0 Å². The molecule has 4 aromatic rings. The molecule has 2 aromatic carbocycles. The number of aromatic nitrogens is 1. The number of aromatic amines is 1. The van der Waals surface area contributed by atoms with Gasteiger partial charge in [0.05, 0.1) is 6.04 Å². The number of carbonyl (C=O) groups excluding carboxylic acids is 1. The fourth-order valence-electron chi connectivity index (χ4n) is 3.43. The molecule has 0 aliphatic heterocycles. The smallest absolute Gasteiger partial charge is 0.186 e. The fraction of sp³-hybridized carbons (Fsp3) is 0.136. The van der Waals surface area contributed by atoms with E-state index in [9.17, 15) is 4.79 Å². The van der Waals surface area contributed by atoms with Crippen molar-refractivity contribution in [1.82, 2.24) is 9.88 Å². The number of nitrogens with zero attached hydrogens (tertiary/aromatic N) is 1. The Kier molecular flexibility index (Phi) is 4.69. The maximum Gasteiger partial charge on any atom is 0.186 e. The SMILES string of the molecule is CN(Cc1ccsc1)[C@H](C(=O)c1c[nH]c2ccccc12)c1ccccc1. The molecular formula is C22H20N2OS. The third-order valence-electron chi connectivity index (χ3n) is 4.67. The normalized spacial score (nSPS) is 12.5. The van der Waals surface area contributed by atoms with Gasteiger partial charge in [-0.2, -0.15) is 11.3 Å². The number of fused-ring (bicyclic) bond motifs is 1. The van der Waals surface area contributed by atoms with Crippen LogP contribution in [0.2, 0.25) is 0 Å². The zero-order valence-electron chi connectivity index (χ0n) is 14.6. The van der Waals surface area contributed by atoms with E-state index >= 15 is 0 Å². The predicted molar refractivity (Wildman–Crippen MR) is 108 cm³/mol. The first kappa shape index (κ1) is 16.8. The van der Waals surface area contributed by atoms with Crippen molar-refractivity contribution in [1.29, 1.82) is 0 Å². The lowest BCUT2D eigenvalue weighted by molar-refractivity contribution is 0.0845. The van der Waals surface area contributed by atoms with Gasteiger partial charge < -0.3 is 4.98 Å². The molecule has 1 N–H and O–H groups in total. The molecule has 0 amide bonds. The summed E-state index contributed by atoms with van der Waals surface area (Å²) in [6.07, 6.45) is 1.83. The summed E-state index contributed by atoms with van der Waals surface area (Å²) in [6.45, 7) is 0.733. The van der Waals surface area contributed by atoms with Crippen LogP contribution in [-0.4, -0.2) is 22.7 Å². The first-order chi connectivity index (χ1) is 12.7. The van der Waals surface area contributed by atoms with Crippen LogP contribution in [0.5, 0.6) is 0 Å². The number of hydrogen-bond donors (Lipinski definition) is 1. The number of Topliss-reactive ketones (excluding diaryl/α,β-unsaturated/α-hetero) is 1. The molecule has 0 spiro atoms. The van der Waals surface area contributed by atoms with Gasteiger partial charge in [-0.25, -0.2) is 0 Å². The highest BCUT2D eigenvalue weighted by Crippen LogP contribution is 2.29. The molecule has 2 aromatic heterocycles. The van der Waals surface area contributed by atoms with Gasteiger partial charge in [0.25, 0.3) is 0 Å². The molecule has 130 valence electrons. The Bertz CT molecular complexity index is 1010. The second-order valence-corrected chi connectivity index (χ2v) is 7.25. The van der Waals surface area contributed by atoms with Crippen molar-refractivity contribution in [2.45, 2.75) is 12.6 Å². The minimum absolute atomic E-state index is 0.117. The summed E-state index contributed by atoms with van der Waals surface area (Å²) in [5, 5.41) is 5.18. The van der Waals surface area contributed by atoms with Gasteiger partial charge in [0.2, 0.25) is 0 Å². The number of benzene rings is 2. The van der Waals surface area contributed by atoms with E-state index in [4.69, 9.17) is 0 Å². The van der Waals surface area contributed by atoms with Crippen molar-refractivity contribution in [2.75, 3.05) is 7.05 Å². The zero-order valence-corrected chi connectivity index (χ0v) is 15.4. The van der Waals surface area contributed by atoms with E-state index in [2.05, 4.69) is 26.7 Å². The largest absolute Gasteiger partial charge is 0.360 e. The number of hydrogen-bond acceptors (Lipinski definition) is 3. The molecule has 0 radical (unpaired) electrons. The van der Waals surface area contributed by atoms with Crippen molar-refractivity contribution < 1.29 is 4.79 Å². The van der Waals surface area contributed by atoms with Crippen molar-refractivity contribution in [2.24, 2.45) is 0 Å². The molecule has 0 saturated carbocycles. The van der Waals surface area contributed by atoms with Crippen LogP contribution in [0.4, 0.5) is 0 Å². The van der Waals surface area contributed by atoms with E-state index in [1.807, 2.05) is 67.8 Å². The number of H-pyrrole nitrogens is 1. The van der Waals surface area contributed by atoms with Crippen LogP contribution >= 0.6 is 11.3 Å². The molecule has 0 aliphatic carbocycles. The van der Waals surface area contributed by atoms with Crippen LogP contribution in [0.25, 0.3) is 10.9 Å². The van der Waals surface area contributed by atoms with Crippen LogP contribution in [0, 0.1) is 0 Å². The lowest BCUT2D eigenvalue weighted by Crippen LogP contribution is -2.30. The van der Waals surface area contributed by atoms with E-state index < -0.39 is 0 Å². The zero-order chi connectivity index (χ0) is 17.9. The highest BCUT2D eigenvalue weighted by molar-refractivity contribution is 7.07. The Labute approximate surface area is 156 Å².